The van der Waals surface area contributed by atoms with Gasteiger partial charge in [-0.25, -0.2) is 0 Å². The molecule has 1 heterocycles. The fourth-order valence-electron chi connectivity index (χ4n) is 2.05. The Hall–Kier alpha value is -2.21. The lowest BCUT2D eigenvalue weighted by Crippen LogP contribution is -2.13. The Kier molecular flexibility index (Phi) is 4.47. The quantitative estimate of drug-likeness (QED) is 0.537. The molecular formula is C14H17N3O3. The third-order valence-electron chi connectivity index (χ3n) is 3.11. The van der Waals surface area contributed by atoms with Crippen molar-refractivity contribution in [3.63, 3.8) is 0 Å². The Morgan fingerprint density at radius 2 is 2.00 bits per heavy atom. The molecule has 0 atom stereocenters. The summed E-state index contributed by atoms with van der Waals surface area (Å²) >= 11 is 0. The van der Waals surface area contributed by atoms with Crippen LogP contribution in [0.25, 0.3) is 0 Å². The SMILES string of the molecule is NCCCCCC(=O)Nc1ccc2c(c1)C(=O)C(=O)N2. The third-order valence-corrected chi connectivity index (χ3v) is 3.11. The van der Waals surface area contributed by atoms with Crippen molar-refractivity contribution in [3.8, 4) is 0 Å². The predicted octanol–water partition coefficient (Wildman–Crippen LogP) is 1.28. The number of carbonyl (C=O) groups excluding carboxylic acids is 3. The first-order chi connectivity index (χ1) is 9.61. The molecule has 0 spiro atoms. The maximum Gasteiger partial charge on any atom is 0.296 e. The Morgan fingerprint density at radius 3 is 2.75 bits per heavy atom. The van der Waals surface area contributed by atoms with Crippen LogP contribution in [0.3, 0.4) is 0 Å². The molecule has 1 aliphatic rings. The zero-order valence-electron chi connectivity index (χ0n) is 11.1. The number of hydrogen-bond donors (Lipinski definition) is 3. The van der Waals surface area contributed by atoms with Crippen molar-refractivity contribution in [3.05, 3.63) is 23.8 Å². The van der Waals surface area contributed by atoms with Gasteiger partial charge in [-0.3, -0.25) is 14.4 Å². The second kappa shape index (κ2) is 6.29. The second-order valence-corrected chi connectivity index (χ2v) is 4.69. The van der Waals surface area contributed by atoms with Gasteiger partial charge in [0.1, 0.15) is 0 Å². The van der Waals surface area contributed by atoms with Gasteiger partial charge in [-0.1, -0.05) is 6.42 Å². The van der Waals surface area contributed by atoms with Crippen LogP contribution >= 0.6 is 0 Å². The second-order valence-electron chi connectivity index (χ2n) is 4.69. The van der Waals surface area contributed by atoms with Crippen molar-refractivity contribution in [2.24, 2.45) is 5.73 Å². The van der Waals surface area contributed by atoms with Gasteiger partial charge in [-0.05, 0) is 37.6 Å². The lowest BCUT2D eigenvalue weighted by Gasteiger charge is -2.06. The number of amides is 2. The minimum Gasteiger partial charge on any atom is -0.330 e. The smallest absolute Gasteiger partial charge is 0.296 e. The lowest BCUT2D eigenvalue weighted by molar-refractivity contribution is -0.116. The Bertz CT molecular complexity index is 555. The number of Topliss-reactive ketones (excluding diaryl/α,β-unsaturated/α-hetero) is 1. The zero-order valence-corrected chi connectivity index (χ0v) is 11.1. The topological polar surface area (TPSA) is 101 Å². The molecule has 2 rings (SSSR count). The monoisotopic (exact) mass is 275 g/mol. The van der Waals surface area contributed by atoms with Crippen LogP contribution in [0.2, 0.25) is 0 Å². The lowest BCUT2D eigenvalue weighted by atomic mass is 10.1. The first-order valence-corrected chi connectivity index (χ1v) is 6.61. The number of nitrogens with one attached hydrogen (secondary N) is 2. The summed E-state index contributed by atoms with van der Waals surface area (Å²) in [5, 5.41) is 5.19. The van der Waals surface area contributed by atoms with E-state index in [0.717, 1.165) is 19.3 Å². The van der Waals surface area contributed by atoms with Gasteiger partial charge in [0, 0.05) is 12.1 Å². The molecule has 2 amide bonds. The van der Waals surface area contributed by atoms with Crippen molar-refractivity contribution < 1.29 is 14.4 Å². The van der Waals surface area contributed by atoms with Gasteiger partial charge in [0.25, 0.3) is 11.7 Å². The average Bonchev–Trinajstić information content (AvgIpc) is 2.71. The summed E-state index contributed by atoms with van der Waals surface area (Å²) in [4.78, 5) is 34.5. The third kappa shape index (κ3) is 3.21. The molecule has 20 heavy (non-hydrogen) atoms. The molecule has 1 aromatic rings. The number of rotatable bonds is 6. The van der Waals surface area contributed by atoms with Crippen molar-refractivity contribution in [2.45, 2.75) is 25.7 Å². The number of ketones is 1. The van der Waals surface area contributed by atoms with Gasteiger partial charge in [0.05, 0.1) is 11.3 Å². The van der Waals surface area contributed by atoms with E-state index in [1.165, 1.54) is 6.07 Å². The van der Waals surface area contributed by atoms with Crippen LogP contribution in [0.15, 0.2) is 18.2 Å². The molecule has 1 aromatic carbocycles. The van der Waals surface area contributed by atoms with Gasteiger partial charge in [-0.2, -0.15) is 0 Å². The summed E-state index contributed by atoms with van der Waals surface area (Å²) in [6.07, 6.45) is 3.04. The number of carbonyl (C=O) groups is 3. The number of fused-ring (bicyclic) bond motifs is 1. The summed E-state index contributed by atoms with van der Waals surface area (Å²) in [7, 11) is 0. The number of unbranched alkanes of at least 4 members (excludes halogenated alkanes) is 2. The standard InChI is InChI=1S/C14H17N3O3/c15-7-3-1-2-4-12(18)16-9-5-6-11-10(8-9)13(19)14(20)17-11/h5-6,8H,1-4,7,15H2,(H,16,18)(H,17,19,20). The normalized spacial score (nSPS) is 13.1. The highest BCUT2D eigenvalue weighted by molar-refractivity contribution is 6.51. The van der Waals surface area contributed by atoms with E-state index in [2.05, 4.69) is 10.6 Å². The van der Waals surface area contributed by atoms with Crippen LogP contribution in [-0.2, 0) is 9.59 Å². The minimum atomic E-state index is -0.634. The molecule has 6 nitrogen and oxygen atoms in total. The first kappa shape index (κ1) is 14.2. The van der Waals surface area contributed by atoms with Gasteiger partial charge in [0.2, 0.25) is 5.91 Å². The van der Waals surface area contributed by atoms with Crippen LogP contribution in [0, 0.1) is 0 Å². The van der Waals surface area contributed by atoms with Crippen molar-refractivity contribution in [2.75, 3.05) is 17.2 Å². The number of anilines is 2. The van der Waals surface area contributed by atoms with Crippen molar-refractivity contribution in [1.82, 2.24) is 0 Å². The van der Waals surface area contributed by atoms with E-state index in [4.69, 9.17) is 5.73 Å². The first-order valence-electron chi connectivity index (χ1n) is 6.61. The molecule has 0 fully saturated rings. The van der Waals surface area contributed by atoms with E-state index in [1.807, 2.05) is 0 Å². The molecule has 106 valence electrons. The molecule has 1 aliphatic heterocycles. The van der Waals surface area contributed by atoms with Crippen LogP contribution in [0.5, 0.6) is 0 Å². The highest BCUT2D eigenvalue weighted by Gasteiger charge is 2.27. The van der Waals surface area contributed by atoms with E-state index in [1.54, 1.807) is 12.1 Å². The van der Waals surface area contributed by atoms with Crippen molar-refractivity contribution >= 4 is 29.0 Å². The highest BCUT2D eigenvalue weighted by atomic mass is 16.2. The van der Waals surface area contributed by atoms with Crippen molar-refractivity contribution in [1.29, 1.82) is 0 Å². The van der Waals surface area contributed by atoms with E-state index in [-0.39, 0.29) is 5.91 Å². The van der Waals surface area contributed by atoms with Gasteiger partial charge in [-0.15, -0.1) is 0 Å². The Labute approximate surface area is 116 Å². The van der Waals surface area contributed by atoms with E-state index < -0.39 is 11.7 Å². The summed E-state index contributed by atoms with van der Waals surface area (Å²) < 4.78 is 0. The Balaban J connectivity index is 1.93. The van der Waals surface area contributed by atoms with Crippen LogP contribution in [-0.4, -0.2) is 24.1 Å². The molecule has 0 bridgehead atoms. The molecule has 0 unspecified atom stereocenters. The van der Waals surface area contributed by atoms with E-state index >= 15 is 0 Å². The highest BCUT2D eigenvalue weighted by Crippen LogP contribution is 2.26. The molecule has 0 saturated carbocycles. The summed E-state index contributed by atoms with van der Waals surface area (Å²) in [5.41, 5.74) is 6.69. The van der Waals surface area contributed by atoms with Gasteiger partial charge in [0.15, 0.2) is 0 Å². The van der Waals surface area contributed by atoms with Gasteiger partial charge < -0.3 is 16.4 Å². The molecule has 0 saturated heterocycles. The Morgan fingerprint density at radius 1 is 1.20 bits per heavy atom. The van der Waals surface area contributed by atoms with Crippen LogP contribution in [0.4, 0.5) is 11.4 Å². The largest absolute Gasteiger partial charge is 0.330 e. The molecule has 0 aromatic heterocycles. The van der Waals surface area contributed by atoms with E-state index in [9.17, 15) is 14.4 Å². The zero-order chi connectivity index (χ0) is 14.5. The number of benzene rings is 1. The molecule has 4 N–H and O–H groups in total. The fourth-order valence-corrected chi connectivity index (χ4v) is 2.05. The number of hydrogen-bond acceptors (Lipinski definition) is 4. The summed E-state index contributed by atoms with van der Waals surface area (Å²) in [6.45, 7) is 0.635. The fraction of sp³-hybridized carbons (Fsp3) is 0.357. The maximum absolute atomic E-state index is 11.7. The molecule has 6 heteroatoms. The summed E-state index contributed by atoms with van der Waals surface area (Å²) in [5.74, 6) is -1.31. The van der Waals surface area contributed by atoms with Gasteiger partial charge >= 0.3 is 0 Å². The van der Waals surface area contributed by atoms with Crippen LogP contribution in [0.1, 0.15) is 36.0 Å². The predicted molar refractivity (Wildman–Crippen MR) is 75.6 cm³/mol. The van der Waals surface area contributed by atoms with E-state index in [0.29, 0.717) is 29.9 Å². The molecule has 0 aliphatic carbocycles. The molecule has 0 radical (unpaired) electrons. The summed E-state index contributed by atoms with van der Waals surface area (Å²) in [6, 6.07) is 4.80. The molecular weight excluding hydrogens is 258 g/mol. The maximum atomic E-state index is 11.7. The average molecular weight is 275 g/mol. The number of nitrogens with two attached hydrogens (primary N) is 1. The van der Waals surface area contributed by atoms with Crippen LogP contribution < -0.4 is 16.4 Å². The minimum absolute atomic E-state index is 0.105.